The van der Waals surface area contributed by atoms with Gasteiger partial charge in [0.25, 0.3) is 0 Å². The van der Waals surface area contributed by atoms with Gasteiger partial charge in [0, 0.05) is 24.7 Å². The SMILES string of the molecule is Cn1c2ccncc2c2sc3[n+](c21)Cc1ncccc1-3. The standard InChI is InChI=1S/C15H11N4S/c1-18-12-4-6-16-7-10(12)13-14(18)19-8-11-9(15(19)20-13)3-2-5-17-11/h2-7H,8H2,1H3/q+1. The van der Waals surface area contributed by atoms with Crippen LogP contribution in [0, 0.1) is 0 Å². The molecule has 4 nitrogen and oxygen atoms in total. The Morgan fingerprint density at radius 2 is 2.25 bits per heavy atom. The van der Waals surface area contributed by atoms with Gasteiger partial charge >= 0.3 is 5.65 Å². The molecule has 5 rings (SSSR count). The lowest BCUT2D eigenvalue weighted by Crippen LogP contribution is -2.32. The van der Waals surface area contributed by atoms with Crippen molar-refractivity contribution in [3.63, 3.8) is 0 Å². The fraction of sp³-hybridized carbons (Fsp3) is 0.133. The highest BCUT2D eigenvalue weighted by molar-refractivity contribution is 7.22. The van der Waals surface area contributed by atoms with Gasteiger partial charge in [0.2, 0.25) is 0 Å². The van der Waals surface area contributed by atoms with E-state index in [2.05, 4.69) is 38.3 Å². The van der Waals surface area contributed by atoms with Gasteiger partial charge in [-0.25, -0.2) is 9.13 Å². The van der Waals surface area contributed by atoms with E-state index < -0.39 is 0 Å². The van der Waals surface area contributed by atoms with Gasteiger partial charge in [0.15, 0.2) is 5.01 Å². The van der Waals surface area contributed by atoms with Crippen LogP contribution in [0.2, 0.25) is 0 Å². The summed E-state index contributed by atoms with van der Waals surface area (Å²) >= 11 is 1.84. The normalized spacial score (nSPS) is 13.1. The summed E-state index contributed by atoms with van der Waals surface area (Å²) in [5, 5.41) is 2.54. The topological polar surface area (TPSA) is 34.6 Å². The van der Waals surface area contributed by atoms with Crippen molar-refractivity contribution in [1.82, 2.24) is 14.5 Å². The minimum Gasteiger partial charge on any atom is -0.264 e. The average Bonchev–Trinajstić information content (AvgIpc) is 3.09. The lowest BCUT2D eigenvalue weighted by Gasteiger charge is -1.92. The van der Waals surface area contributed by atoms with Crippen LogP contribution < -0.4 is 4.57 Å². The third-order valence-electron chi connectivity index (χ3n) is 4.05. The zero-order valence-corrected chi connectivity index (χ0v) is 11.7. The van der Waals surface area contributed by atoms with Crippen LogP contribution in [0.25, 0.3) is 31.8 Å². The molecule has 0 fully saturated rings. The fourth-order valence-electron chi connectivity index (χ4n) is 3.15. The van der Waals surface area contributed by atoms with Crippen molar-refractivity contribution in [1.29, 1.82) is 0 Å². The Morgan fingerprint density at radius 1 is 1.30 bits per heavy atom. The van der Waals surface area contributed by atoms with E-state index in [1.165, 1.54) is 37.5 Å². The molecule has 96 valence electrons. The molecule has 0 spiro atoms. The van der Waals surface area contributed by atoms with Crippen molar-refractivity contribution < 1.29 is 4.57 Å². The molecule has 0 aliphatic carbocycles. The summed E-state index contributed by atoms with van der Waals surface area (Å²) in [7, 11) is 2.13. The van der Waals surface area contributed by atoms with Crippen LogP contribution in [0.1, 0.15) is 5.69 Å². The Balaban J connectivity index is 1.97. The van der Waals surface area contributed by atoms with Crippen LogP contribution in [0.4, 0.5) is 0 Å². The first-order valence-corrected chi connectivity index (χ1v) is 7.35. The highest BCUT2D eigenvalue weighted by atomic mass is 32.1. The van der Waals surface area contributed by atoms with Crippen molar-refractivity contribution in [2.75, 3.05) is 0 Å². The van der Waals surface area contributed by atoms with Gasteiger partial charge in [-0.15, -0.1) is 0 Å². The zero-order valence-electron chi connectivity index (χ0n) is 10.9. The summed E-state index contributed by atoms with van der Waals surface area (Å²) in [6.07, 6.45) is 5.69. The first-order chi connectivity index (χ1) is 9.84. The van der Waals surface area contributed by atoms with Crippen molar-refractivity contribution in [3.8, 4) is 10.6 Å². The Labute approximate surface area is 119 Å². The quantitative estimate of drug-likeness (QED) is 0.408. The summed E-state index contributed by atoms with van der Waals surface area (Å²) in [5.41, 5.74) is 4.95. The number of nitrogens with zero attached hydrogens (tertiary/aromatic N) is 4. The molecule has 0 radical (unpaired) electrons. The predicted molar refractivity (Wildman–Crippen MR) is 78.6 cm³/mol. The molecule has 4 aromatic heterocycles. The highest BCUT2D eigenvalue weighted by Gasteiger charge is 2.32. The first-order valence-electron chi connectivity index (χ1n) is 6.53. The Hall–Kier alpha value is -2.27. The van der Waals surface area contributed by atoms with Gasteiger partial charge in [-0.2, -0.15) is 0 Å². The van der Waals surface area contributed by atoms with Gasteiger partial charge in [-0.05, 0) is 12.1 Å². The van der Waals surface area contributed by atoms with Gasteiger partial charge in [0.05, 0.1) is 23.7 Å². The molecule has 0 saturated carbocycles. The Morgan fingerprint density at radius 3 is 3.20 bits per heavy atom. The van der Waals surface area contributed by atoms with Gasteiger partial charge in [0.1, 0.15) is 16.8 Å². The van der Waals surface area contributed by atoms with Crippen LogP contribution in [0.3, 0.4) is 0 Å². The minimum absolute atomic E-state index is 0.864. The molecule has 5 heteroatoms. The zero-order chi connectivity index (χ0) is 13.3. The summed E-state index contributed by atoms with van der Waals surface area (Å²) in [4.78, 5) is 8.78. The smallest absolute Gasteiger partial charge is 0.264 e. The van der Waals surface area contributed by atoms with Crippen LogP contribution >= 0.6 is 11.3 Å². The second kappa shape index (κ2) is 3.43. The molecule has 0 N–H and O–H groups in total. The van der Waals surface area contributed by atoms with Gasteiger partial charge in [-0.1, -0.05) is 11.3 Å². The maximum Gasteiger partial charge on any atom is 0.301 e. The molecule has 0 saturated heterocycles. The average molecular weight is 279 g/mol. The van der Waals surface area contributed by atoms with E-state index in [4.69, 9.17) is 0 Å². The fourth-order valence-corrected chi connectivity index (χ4v) is 4.51. The lowest BCUT2D eigenvalue weighted by molar-refractivity contribution is -0.645. The summed E-state index contributed by atoms with van der Waals surface area (Å²) < 4.78 is 5.95. The van der Waals surface area contributed by atoms with Crippen molar-refractivity contribution in [2.24, 2.45) is 7.05 Å². The largest absolute Gasteiger partial charge is 0.301 e. The monoisotopic (exact) mass is 279 g/mol. The first kappa shape index (κ1) is 10.5. The van der Waals surface area contributed by atoms with E-state index in [0.29, 0.717) is 0 Å². The number of hydrogen-bond donors (Lipinski definition) is 0. The number of thiazole rings is 1. The number of hydrogen-bond acceptors (Lipinski definition) is 3. The van der Waals surface area contributed by atoms with E-state index in [1.807, 2.05) is 36.0 Å². The van der Waals surface area contributed by atoms with Crippen LogP contribution in [-0.2, 0) is 13.6 Å². The molecule has 5 heterocycles. The molecule has 4 aromatic rings. The molecule has 0 aromatic carbocycles. The number of aryl methyl sites for hydroxylation is 1. The van der Waals surface area contributed by atoms with E-state index in [-0.39, 0.29) is 0 Å². The van der Waals surface area contributed by atoms with Gasteiger partial charge < -0.3 is 0 Å². The molecule has 1 aliphatic heterocycles. The molecular weight excluding hydrogens is 268 g/mol. The second-order valence-electron chi connectivity index (χ2n) is 5.10. The highest BCUT2D eigenvalue weighted by Crippen LogP contribution is 2.38. The molecule has 0 unspecified atom stereocenters. The number of fused-ring (bicyclic) bond motifs is 7. The molecule has 0 amide bonds. The summed E-state index contributed by atoms with van der Waals surface area (Å²) in [6, 6.07) is 6.25. The molecule has 1 aliphatic rings. The third kappa shape index (κ3) is 1.10. The molecule has 0 bridgehead atoms. The van der Waals surface area contributed by atoms with Crippen molar-refractivity contribution in [3.05, 3.63) is 42.5 Å². The lowest BCUT2D eigenvalue weighted by atomic mass is 10.2. The number of rotatable bonds is 0. The Bertz CT molecular complexity index is 996. The molecule has 20 heavy (non-hydrogen) atoms. The Kier molecular flexibility index (Phi) is 1.80. The van der Waals surface area contributed by atoms with Gasteiger partial charge in [-0.3, -0.25) is 9.97 Å². The van der Waals surface area contributed by atoms with Crippen LogP contribution in [0.5, 0.6) is 0 Å². The van der Waals surface area contributed by atoms with E-state index in [9.17, 15) is 0 Å². The predicted octanol–water partition coefficient (Wildman–Crippen LogP) is 2.50. The maximum atomic E-state index is 4.50. The third-order valence-corrected chi connectivity index (χ3v) is 5.29. The van der Waals surface area contributed by atoms with Crippen molar-refractivity contribution in [2.45, 2.75) is 6.54 Å². The van der Waals surface area contributed by atoms with Crippen LogP contribution in [0.15, 0.2) is 36.8 Å². The van der Waals surface area contributed by atoms with Crippen LogP contribution in [-0.4, -0.2) is 14.5 Å². The number of pyridine rings is 2. The maximum absolute atomic E-state index is 4.50. The van der Waals surface area contributed by atoms with E-state index >= 15 is 0 Å². The summed E-state index contributed by atoms with van der Waals surface area (Å²) in [5.74, 6) is 0. The second-order valence-corrected chi connectivity index (χ2v) is 6.09. The minimum atomic E-state index is 0.864. The summed E-state index contributed by atoms with van der Waals surface area (Å²) in [6.45, 7) is 0.864. The molecular formula is C15H11N4S+. The van der Waals surface area contributed by atoms with E-state index in [0.717, 1.165) is 6.54 Å². The molecule has 0 atom stereocenters. The van der Waals surface area contributed by atoms with Crippen molar-refractivity contribution >= 4 is 32.6 Å². The van der Waals surface area contributed by atoms with E-state index in [1.54, 1.807) is 0 Å². The number of aromatic nitrogens is 4.